The number of hydrogen-bond donors (Lipinski definition) is 0. The first-order chi connectivity index (χ1) is 13.8. The highest BCUT2D eigenvalue weighted by Crippen LogP contribution is 2.22. The number of non-ortho nitro benzene ring substituents is 1. The van der Waals surface area contributed by atoms with E-state index in [1.807, 2.05) is 0 Å². The number of sulfonamides is 1. The molecule has 1 aliphatic rings. The molecular weight excluding hydrogens is 401 g/mol. The molecule has 2 aromatic carbocycles. The van der Waals surface area contributed by atoms with Gasteiger partial charge in [0.05, 0.1) is 9.82 Å². The normalized spacial score (nSPS) is 15.6. The van der Waals surface area contributed by atoms with E-state index in [-0.39, 0.29) is 42.7 Å². The van der Waals surface area contributed by atoms with Gasteiger partial charge in [0.15, 0.2) is 0 Å². The number of piperazine rings is 1. The topological polar surface area (TPSA) is 101 Å². The Kier molecular flexibility index (Phi) is 6.04. The summed E-state index contributed by atoms with van der Waals surface area (Å²) in [4.78, 5) is 23.9. The highest BCUT2D eigenvalue weighted by molar-refractivity contribution is 7.89. The van der Waals surface area contributed by atoms with Crippen LogP contribution in [0.25, 0.3) is 6.08 Å². The van der Waals surface area contributed by atoms with Gasteiger partial charge < -0.3 is 4.90 Å². The average Bonchev–Trinajstić information content (AvgIpc) is 2.72. The van der Waals surface area contributed by atoms with Gasteiger partial charge in [-0.2, -0.15) is 4.31 Å². The van der Waals surface area contributed by atoms with Crippen molar-refractivity contribution in [3.05, 3.63) is 76.1 Å². The number of carbonyl (C=O) groups is 1. The van der Waals surface area contributed by atoms with E-state index < -0.39 is 20.8 Å². The van der Waals surface area contributed by atoms with Crippen LogP contribution in [0, 0.1) is 15.9 Å². The van der Waals surface area contributed by atoms with Crippen molar-refractivity contribution in [1.82, 2.24) is 9.21 Å². The molecule has 0 aliphatic carbocycles. The van der Waals surface area contributed by atoms with E-state index in [0.29, 0.717) is 5.56 Å². The number of nitrogens with zero attached hydrogens (tertiary/aromatic N) is 3. The molecule has 0 unspecified atom stereocenters. The van der Waals surface area contributed by atoms with Crippen LogP contribution in [-0.4, -0.2) is 54.6 Å². The molecule has 1 heterocycles. The van der Waals surface area contributed by atoms with Gasteiger partial charge in [-0.05, 0) is 29.8 Å². The van der Waals surface area contributed by atoms with Crippen LogP contribution in [0.15, 0.2) is 59.5 Å². The molecule has 152 valence electrons. The minimum absolute atomic E-state index is 0.0740. The molecule has 3 rings (SSSR count). The van der Waals surface area contributed by atoms with Gasteiger partial charge in [-0.25, -0.2) is 12.8 Å². The Balaban J connectivity index is 1.64. The van der Waals surface area contributed by atoms with Crippen LogP contribution in [0.3, 0.4) is 0 Å². The molecule has 0 saturated carbocycles. The Bertz CT molecular complexity index is 1060. The third-order valence-electron chi connectivity index (χ3n) is 4.48. The third-order valence-corrected chi connectivity index (χ3v) is 6.38. The summed E-state index contributed by atoms with van der Waals surface area (Å²) in [7, 11) is -3.90. The van der Waals surface area contributed by atoms with Gasteiger partial charge in [0.2, 0.25) is 15.9 Å². The zero-order chi connectivity index (χ0) is 21.0. The van der Waals surface area contributed by atoms with Crippen molar-refractivity contribution >= 4 is 27.7 Å². The van der Waals surface area contributed by atoms with Crippen molar-refractivity contribution in [3.8, 4) is 0 Å². The van der Waals surface area contributed by atoms with E-state index >= 15 is 0 Å². The lowest BCUT2D eigenvalue weighted by atomic mass is 10.2. The summed E-state index contributed by atoms with van der Waals surface area (Å²) in [6.45, 7) is 0.510. The predicted octanol–water partition coefficient (Wildman–Crippen LogP) is 2.28. The number of nitro benzene ring substituents is 1. The van der Waals surface area contributed by atoms with Crippen molar-refractivity contribution < 1.29 is 22.5 Å². The second kappa shape index (κ2) is 8.50. The van der Waals surface area contributed by atoms with Crippen LogP contribution in [0.2, 0.25) is 0 Å². The maximum atomic E-state index is 13.2. The Labute approximate surface area is 167 Å². The molecule has 1 amide bonds. The number of hydrogen-bond acceptors (Lipinski definition) is 5. The van der Waals surface area contributed by atoms with Gasteiger partial charge in [0, 0.05) is 44.4 Å². The molecule has 0 bridgehead atoms. The zero-order valence-corrected chi connectivity index (χ0v) is 16.1. The monoisotopic (exact) mass is 419 g/mol. The lowest BCUT2D eigenvalue weighted by molar-refractivity contribution is -0.385. The largest absolute Gasteiger partial charge is 0.337 e. The fraction of sp³-hybridized carbons (Fsp3) is 0.211. The second-order valence-corrected chi connectivity index (χ2v) is 8.31. The van der Waals surface area contributed by atoms with Crippen LogP contribution < -0.4 is 0 Å². The molecule has 10 heteroatoms. The lowest BCUT2D eigenvalue weighted by Gasteiger charge is -2.33. The van der Waals surface area contributed by atoms with Gasteiger partial charge in [-0.3, -0.25) is 14.9 Å². The number of nitro groups is 1. The van der Waals surface area contributed by atoms with Crippen molar-refractivity contribution in [2.75, 3.05) is 26.2 Å². The highest BCUT2D eigenvalue weighted by Gasteiger charge is 2.30. The van der Waals surface area contributed by atoms with Crippen LogP contribution >= 0.6 is 0 Å². The molecule has 0 aromatic heterocycles. The Morgan fingerprint density at radius 2 is 1.76 bits per heavy atom. The fourth-order valence-corrected chi connectivity index (χ4v) is 4.40. The average molecular weight is 419 g/mol. The molecule has 1 saturated heterocycles. The predicted molar refractivity (Wildman–Crippen MR) is 104 cm³/mol. The highest BCUT2D eigenvalue weighted by atomic mass is 32.2. The third kappa shape index (κ3) is 4.84. The first-order valence-corrected chi connectivity index (χ1v) is 10.2. The number of rotatable bonds is 5. The van der Waals surface area contributed by atoms with Gasteiger partial charge in [0.1, 0.15) is 5.82 Å². The summed E-state index contributed by atoms with van der Waals surface area (Å²) in [5.41, 5.74) is 0.243. The van der Waals surface area contributed by atoms with E-state index in [0.717, 1.165) is 6.07 Å². The molecule has 29 heavy (non-hydrogen) atoms. The molecule has 2 aromatic rings. The number of halogens is 1. The molecule has 0 atom stereocenters. The standard InChI is InChI=1S/C19H18FN3O5S/c20-16-4-1-3-15(13-16)7-8-19(24)21-9-11-22(12-10-21)29(27,28)18-6-2-5-17(14-18)23(25)26/h1-8,13-14H,9-12H2/b8-7+. The molecule has 1 fully saturated rings. The van der Waals surface area contributed by atoms with Crippen molar-refractivity contribution in [3.63, 3.8) is 0 Å². The Morgan fingerprint density at radius 3 is 2.41 bits per heavy atom. The molecule has 0 N–H and O–H groups in total. The Hall–Kier alpha value is -3.11. The van der Waals surface area contributed by atoms with E-state index in [4.69, 9.17) is 0 Å². The second-order valence-electron chi connectivity index (χ2n) is 6.37. The van der Waals surface area contributed by atoms with Gasteiger partial charge in [0.25, 0.3) is 5.69 Å². The van der Waals surface area contributed by atoms with E-state index in [1.165, 1.54) is 57.8 Å². The molecule has 0 spiro atoms. The smallest absolute Gasteiger partial charge is 0.270 e. The fourth-order valence-electron chi connectivity index (χ4n) is 2.94. The summed E-state index contributed by atoms with van der Waals surface area (Å²) in [6, 6.07) is 10.7. The molecule has 1 aliphatic heterocycles. The summed E-state index contributed by atoms with van der Waals surface area (Å²) in [5, 5.41) is 10.9. The van der Waals surface area contributed by atoms with E-state index in [1.54, 1.807) is 6.07 Å². The van der Waals surface area contributed by atoms with Crippen molar-refractivity contribution in [2.24, 2.45) is 0 Å². The first-order valence-electron chi connectivity index (χ1n) is 8.74. The Morgan fingerprint density at radius 1 is 1.07 bits per heavy atom. The van der Waals surface area contributed by atoms with Crippen LogP contribution in [0.5, 0.6) is 0 Å². The zero-order valence-electron chi connectivity index (χ0n) is 15.3. The SMILES string of the molecule is O=C(/C=C/c1cccc(F)c1)N1CCN(S(=O)(=O)c2cccc([N+](=O)[O-])c2)CC1. The lowest BCUT2D eigenvalue weighted by Crippen LogP contribution is -2.50. The van der Waals surface area contributed by atoms with Gasteiger partial charge in [-0.15, -0.1) is 0 Å². The van der Waals surface area contributed by atoms with Crippen molar-refractivity contribution in [2.45, 2.75) is 4.90 Å². The number of carbonyl (C=O) groups excluding carboxylic acids is 1. The molecule has 0 radical (unpaired) electrons. The number of amides is 1. The summed E-state index contributed by atoms with van der Waals surface area (Å²) in [5.74, 6) is -0.707. The van der Waals surface area contributed by atoms with Gasteiger partial charge in [-0.1, -0.05) is 18.2 Å². The maximum absolute atomic E-state index is 13.2. The summed E-state index contributed by atoms with van der Waals surface area (Å²) >= 11 is 0. The quantitative estimate of drug-likeness (QED) is 0.420. The minimum Gasteiger partial charge on any atom is -0.337 e. The van der Waals surface area contributed by atoms with Crippen molar-refractivity contribution in [1.29, 1.82) is 0 Å². The molecular formula is C19H18FN3O5S. The van der Waals surface area contributed by atoms with E-state index in [9.17, 15) is 27.7 Å². The number of benzene rings is 2. The summed E-state index contributed by atoms with van der Waals surface area (Å²) < 4.78 is 39.8. The van der Waals surface area contributed by atoms with Crippen LogP contribution in [0.4, 0.5) is 10.1 Å². The van der Waals surface area contributed by atoms with E-state index in [2.05, 4.69) is 0 Å². The van der Waals surface area contributed by atoms with Crippen LogP contribution in [-0.2, 0) is 14.8 Å². The van der Waals surface area contributed by atoms with Gasteiger partial charge >= 0.3 is 0 Å². The first kappa shape index (κ1) is 20.6. The molecule has 8 nitrogen and oxygen atoms in total. The van der Waals surface area contributed by atoms with Crippen LogP contribution in [0.1, 0.15) is 5.56 Å². The summed E-state index contributed by atoms with van der Waals surface area (Å²) in [6.07, 6.45) is 2.82. The maximum Gasteiger partial charge on any atom is 0.270 e. The minimum atomic E-state index is -3.90.